The molecule has 0 spiro atoms. The molecule has 0 unspecified atom stereocenters. The SMILES string of the molecule is C=CC(=O)Nc1cc(S(C)(=O)=O)ccc1Oc1ccc(CC)cc1. The topological polar surface area (TPSA) is 72.5 Å². The van der Waals surface area contributed by atoms with E-state index in [-0.39, 0.29) is 10.6 Å². The molecule has 0 aliphatic rings. The molecule has 24 heavy (non-hydrogen) atoms. The van der Waals surface area contributed by atoms with Crippen LogP contribution in [0, 0.1) is 0 Å². The van der Waals surface area contributed by atoms with Gasteiger partial charge in [0.25, 0.3) is 0 Å². The van der Waals surface area contributed by atoms with Gasteiger partial charge in [0.1, 0.15) is 5.75 Å². The molecule has 0 aliphatic carbocycles. The third-order valence-corrected chi connectivity index (χ3v) is 4.49. The zero-order valence-electron chi connectivity index (χ0n) is 13.6. The van der Waals surface area contributed by atoms with E-state index < -0.39 is 15.7 Å². The highest BCUT2D eigenvalue weighted by Crippen LogP contribution is 2.32. The average Bonchev–Trinajstić information content (AvgIpc) is 2.56. The van der Waals surface area contributed by atoms with Crippen molar-refractivity contribution in [2.45, 2.75) is 18.2 Å². The first-order valence-corrected chi connectivity index (χ1v) is 9.27. The zero-order valence-corrected chi connectivity index (χ0v) is 14.4. The number of amides is 1. The molecule has 0 radical (unpaired) electrons. The van der Waals surface area contributed by atoms with E-state index >= 15 is 0 Å². The molecule has 2 rings (SSSR count). The average molecular weight is 345 g/mol. The first-order chi connectivity index (χ1) is 11.3. The van der Waals surface area contributed by atoms with Crippen molar-refractivity contribution in [3.8, 4) is 11.5 Å². The number of hydrogen-bond acceptors (Lipinski definition) is 4. The van der Waals surface area contributed by atoms with Crippen LogP contribution in [0.3, 0.4) is 0 Å². The lowest BCUT2D eigenvalue weighted by atomic mass is 10.2. The van der Waals surface area contributed by atoms with Gasteiger partial charge < -0.3 is 10.1 Å². The van der Waals surface area contributed by atoms with Crippen LogP contribution < -0.4 is 10.1 Å². The van der Waals surface area contributed by atoms with E-state index in [1.807, 2.05) is 24.3 Å². The van der Waals surface area contributed by atoms with Gasteiger partial charge >= 0.3 is 0 Å². The number of hydrogen-bond donors (Lipinski definition) is 1. The second kappa shape index (κ2) is 7.31. The van der Waals surface area contributed by atoms with Crippen molar-refractivity contribution < 1.29 is 17.9 Å². The summed E-state index contributed by atoms with van der Waals surface area (Å²) in [7, 11) is -3.40. The summed E-state index contributed by atoms with van der Waals surface area (Å²) in [6, 6.07) is 11.9. The molecule has 0 atom stereocenters. The molecule has 1 N–H and O–H groups in total. The second-order valence-corrected chi connectivity index (χ2v) is 7.24. The van der Waals surface area contributed by atoms with Crippen LogP contribution in [-0.2, 0) is 21.1 Å². The maximum Gasteiger partial charge on any atom is 0.247 e. The fourth-order valence-corrected chi connectivity index (χ4v) is 2.68. The summed E-state index contributed by atoms with van der Waals surface area (Å²) in [5.74, 6) is 0.488. The highest BCUT2D eigenvalue weighted by Gasteiger charge is 2.14. The Kier molecular flexibility index (Phi) is 5.41. The predicted molar refractivity (Wildman–Crippen MR) is 94.3 cm³/mol. The zero-order chi connectivity index (χ0) is 17.7. The molecule has 0 aromatic heterocycles. The number of anilines is 1. The van der Waals surface area contributed by atoms with Gasteiger partial charge in [0.15, 0.2) is 15.6 Å². The molecule has 1 amide bonds. The second-order valence-electron chi connectivity index (χ2n) is 5.22. The first-order valence-electron chi connectivity index (χ1n) is 7.38. The van der Waals surface area contributed by atoms with Gasteiger partial charge in [0, 0.05) is 6.26 Å². The van der Waals surface area contributed by atoms with Crippen LogP contribution in [0.15, 0.2) is 60.0 Å². The number of carbonyl (C=O) groups is 1. The molecule has 5 nitrogen and oxygen atoms in total. The smallest absolute Gasteiger partial charge is 0.247 e. The fourth-order valence-electron chi connectivity index (χ4n) is 2.03. The van der Waals surface area contributed by atoms with Crippen molar-refractivity contribution in [3.05, 3.63) is 60.7 Å². The van der Waals surface area contributed by atoms with Gasteiger partial charge in [0.2, 0.25) is 5.91 Å². The number of sulfone groups is 1. The highest BCUT2D eigenvalue weighted by molar-refractivity contribution is 7.90. The van der Waals surface area contributed by atoms with Crippen molar-refractivity contribution in [1.82, 2.24) is 0 Å². The largest absolute Gasteiger partial charge is 0.455 e. The number of aryl methyl sites for hydroxylation is 1. The minimum atomic E-state index is -3.40. The van der Waals surface area contributed by atoms with Gasteiger partial charge in [-0.1, -0.05) is 25.6 Å². The molecular weight excluding hydrogens is 326 g/mol. The summed E-state index contributed by atoms with van der Waals surface area (Å²) in [5, 5.41) is 2.57. The Labute approximate surface area is 141 Å². The molecule has 6 heteroatoms. The molecule has 2 aromatic carbocycles. The van der Waals surface area contributed by atoms with Crippen molar-refractivity contribution in [2.75, 3.05) is 11.6 Å². The molecule has 0 saturated heterocycles. The summed E-state index contributed by atoms with van der Waals surface area (Å²) < 4.78 is 29.2. The molecule has 0 aliphatic heterocycles. The van der Waals surface area contributed by atoms with Gasteiger partial charge in [-0.25, -0.2) is 8.42 Å². The minimum absolute atomic E-state index is 0.0931. The summed E-state index contributed by atoms with van der Waals surface area (Å²) in [5.41, 5.74) is 1.44. The van der Waals surface area contributed by atoms with Crippen LogP contribution >= 0.6 is 0 Å². The van der Waals surface area contributed by atoms with Gasteiger partial charge in [-0.05, 0) is 48.4 Å². The van der Waals surface area contributed by atoms with Crippen molar-refractivity contribution >= 4 is 21.4 Å². The van der Waals surface area contributed by atoms with Crippen molar-refractivity contribution in [3.63, 3.8) is 0 Å². The van der Waals surface area contributed by atoms with Gasteiger partial charge in [-0.15, -0.1) is 0 Å². The van der Waals surface area contributed by atoms with Gasteiger partial charge in [-0.2, -0.15) is 0 Å². The maximum absolute atomic E-state index is 11.7. The Bertz CT molecular complexity index is 855. The Morgan fingerprint density at radius 3 is 2.42 bits per heavy atom. The fraction of sp³-hybridized carbons (Fsp3) is 0.167. The lowest BCUT2D eigenvalue weighted by molar-refractivity contribution is -0.111. The van der Waals surface area contributed by atoms with Crippen LogP contribution in [0.25, 0.3) is 0 Å². The number of nitrogens with one attached hydrogen (secondary N) is 1. The van der Waals surface area contributed by atoms with E-state index in [2.05, 4.69) is 18.8 Å². The molecule has 2 aromatic rings. The van der Waals surface area contributed by atoms with Crippen LogP contribution in [0.2, 0.25) is 0 Å². The third-order valence-electron chi connectivity index (χ3n) is 3.38. The van der Waals surface area contributed by atoms with Crippen molar-refractivity contribution in [1.29, 1.82) is 0 Å². The Morgan fingerprint density at radius 2 is 1.88 bits per heavy atom. The van der Waals surface area contributed by atoms with Crippen LogP contribution in [-0.4, -0.2) is 20.6 Å². The summed E-state index contributed by atoms with van der Waals surface area (Å²) in [6.07, 6.45) is 3.13. The first kappa shape index (κ1) is 17.7. The van der Waals surface area contributed by atoms with E-state index in [9.17, 15) is 13.2 Å². The molecule has 0 bridgehead atoms. The van der Waals surface area contributed by atoms with Crippen molar-refractivity contribution in [2.24, 2.45) is 0 Å². The highest BCUT2D eigenvalue weighted by atomic mass is 32.2. The van der Waals surface area contributed by atoms with Crippen LogP contribution in [0.5, 0.6) is 11.5 Å². The Balaban J connectivity index is 2.39. The number of rotatable bonds is 6. The lowest BCUT2D eigenvalue weighted by Gasteiger charge is -2.13. The Hall–Kier alpha value is -2.60. The number of ether oxygens (including phenoxy) is 1. The van der Waals surface area contributed by atoms with E-state index in [1.54, 1.807) is 0 Å². The third kappa shape index (κ3) is 4.45. The molecule has 0 heterocycles. The quantitative estimate of drug-likeness (QED) is 0.813. The van der Waals surface area contributed by atoms with Crippen LogP contribution in [0.4, 0.5) is 5.69 Å². The Morgan fingerprint density at radius 1 is 1.21 bits per heavy atom. The lowest BCUT2D eigenvalue weighted by Crippen LogP contribution is -2.09. The van der Waals surface area contributed by atoms with E-state index in [0.717, 1.165) is 18.8 Å². The summed E-state index contributed by atoms with van der Waals surface area (Å²) >= 11 is 0. The van der Waals surface area contributed by atoms with E-state index in [1.165, 1.54) is 23.8 Å². The van der Waals surface area contributed by atoms with Crippen LogP contribution in [0.1, 0.15) is 12.5 Å². The minimum Gasteiger partial charge on any atom is -0.455 e. The maximum atomic E-state index is 11.7. The molecule has 0 saturated carbocycles. The number of benzene rings is 2. The monoisotopic (exact) mass is 345 g/mol. The summed E-state index contributed by atoms with van der Waals surface area (Å²) in [6.45, 7) is 5.45. The molecular formula is C18H19NO4S. The standard InChI is InChI=1S/C18H19NO4S/c1-4-13-6-8-14(9-7-13)23-17-11-10-15(24(3,21)22)12-16(17)19-18(20)5-2/h5-12H,2,4H2,1,3H3,(H,19,20). The van der Waals surface area contributed by atoms with Gasteiger partial charge in [-0.3, -0.25) is 4.79 Å². The van der Waals surface area contributed by atoms with Gasteiger partial charge in [0.05, 0.1) is 10.6 Å². The predicted octanol–water partition coefficient (Wildman–Crippen LogP) is 3.57. The van der Waals surface area contributed by atoms with E-state index in [0.29, 0.717) is 11.5 Å². The summed E-state index contributed by atoms with van der Waals surface area (Å²) in [4.78, 5) is 11.7. The number of carbonyl (C=O) groups excluding carboxylic acids is 1. The normalized spacial score (nSPS) is 10.9. The van der Waals surface area contributed by atoms with E-state index in [4.69, 9.17) is 4.74 Å². The molecule has 0 fully saturated rings. The molecule has 126 valence electrons.